The van der Waals surface area contributed by atoms with E-state index in [9.17, 15) is 4.79 Å². The first-order chi connectivity index (χ1) is 4.63. The van der Waals surface area contributed by atoms with Gasteiger partial charge in [-0.15, -0.1) is 0 Å². The van der Waals surface area contributed by atoms with Crippen LogP contribution in [-0.2, 0) is 9.53 Å². The molecule has 0 radical (unpaired) electrons. The van der Waals surface area contributed by atoms with E-state index in [1.807, 2.05) is 0 Å². The molecule has 0 bridgehead atoms. The van der Waals surface area contributed by atoms with Gasteiger partial charge < -0.3 is 14.9 Å². The van der Waals surface area contributed by atoms with Crippen LogP contribution in [0, 0.1) is 0 Å². The largest absolute Gasteiger partial charge is 0.503 e. The molecule has 1 fully saturated rings. The molecule has 58 valence electrons. The van der Waals surface area contributed by atoms with Gasteiger partial charge in [0, 0.05) is 6.42 Å². The first-order valence-electron chi connectivity index (χ1n) is 2.70. The number of rotatable bonds is 0. The van der Waals surface area contributed by atoms with Crippen LogP contribution in [-0.4, -0.2) is 28.9 Å². The molecule has 5 nitrogen and oxygen atoms in total. The molecule has 0 aromatic carbocycles. The van der Waals surface area contributed by atoms with Crippen LogP contribution in [0.2, 0.25) is 0 Å². The van der Waals surface area contributed by atoms with Gasteiger partial charge in [0.25, 0.3) is 0 Å². The van der Waals surface area contributed by atoms with E-state index >= 15 is 0 Å². The summed E-state index contributed by atoms with van der Waals surface area (Å²) in [5.41, 5.74) is 0. The zero-order valence-electron chi connectivity index (χ0n) is 5.24. The summed E-state index contributed by atoms with van der Waals surface area (Å²) >= 11 is 0. The average molecular weight is 148 g/mol. The van der Waals surface area contributed by atoms with Gasteiger partial charge in [-0.3, -0.25) is 4.79 Å². The highest BCUT2D eigenvalue weighted by Crippen LogP contribution is 2.01. The Morgan fingerprint density at radius 1 is 1.50 bits per heavy atom. The van der Waals surface area contributed by atoms with Crippen molar-refractivity contribution in [1.29, 1.82) is 0 Å². The Labute approximate surface area is 57.2 Å². The van der Waals surface area contributed by atoms with Crippen molar-refractivity contribution in [1.82, 2.24) is 0 Å². The van der Waals surface area contributed by atoms with Gasteiger partial charge in [-0.25, -0.2) is 4.79 Å². The van der Waals surface area contributed by atoms with E-state index in [1.54, 1.807) is 0 Å². The number of carbonyl (C=O) groups excluding carboxylic acids is 1. The molecule has 0 aromatic rings. The van der Waals surface area contributed by atoms with Gasteiger partial charge in [0.1, 0.15) is 0 Å². The second kappa shape index (κ2) is 4.60. The summed E-state index contributed by atoms with van der Waals surface area (Å²) in [6, 6.07) is 0. The molecule has 0 saturated carbocycles. The van der Waals surface area contributed by atoms with Crippen LogP contribution in [0.4, 0.5) is 4.79 Å². The Balaban J connectivity index is 0.000000180. The SMILES string of the molecule is O=C(O)O.O=C1CCCO1. The number of cyclic esters (lactones) is 1. The van der Waals surface area contributed by atoms with E-state index in [0.717, 1.165) is 6.42 Å². The summed E-state index contributed by atoms with van der Waals surface area (Å²) in [5, 5.41) is 13.9. The first-order valence-corrected chi connectivity index (χ1v) is 2.70. The lowest BCUT2D eigenvalue weighted by Crippen LogP contribution is -1.88. The quantitative estimate of drug-likeness (QED) is 0.490. The maximum atomic E-state index is 10.0. The smallest absolute Gasteiger partial charge is 0.466 e. The van der Waals surface area contributed by atoms with Gasteiger partial charge >= 0.3 is 12.1 Å². The predicted molar refractivity (Wildman–Crippen MR) is 30.8 cm³/mol. The molecule has 1 rings (SSSR count). The molecule has 1 heterocycles. The van der Waals surface area contributed by atoms with Gasteiger partial charge in [0.05, 0.1) is 6.61 Å². The van der Waals surface area contributed by atoms with E-state index in [1.165, 1.54) is 0 Å². The third-order valence-electron chi connectivity index (χ3n) is 0.788. The third kappa shape index (κ3) is 6.74. The van der Waals surface area contributed by atoms with E-state index in [0.29, 0.717) is 13.0 Å². The van der Waals surface area contributed by atoms with Crippen LogP contribution >= 0.6 is 0 Å². The van der Waals surface area contributed by atoms with Crippen LogP contribution in [0.5, 0.6) is 0 Å². The van der Waals surface area contributed by atoms with Gasteiger partial charge in [0.15, 0.2) is 0 Å². The maximum Gasteiger partial charge on any atom is 0.503 e. The lowest BCUT2D eigenvalue weighted by Gasteiger charge is -1.81. The van der Waals surface area contributed by atoms with Crippen LogP contribution in [0.25, 0.3) is 0 Å². The van der Waals surface area contributed by atoms with Crippen LogP contribution in [0.15, 0.2) is 0 Å². The molecule has 1 saturated heterocycles. The summed E-state index contributed by atoms with van der Waals surface area (Å²) < 4.78 is 4.51. The molecule has 5 heteroatoms. The summed E-state index contributed by atoms with van der Waals surface area (Å²) in [6.07, 6.45) is -0.293. The minimum atomic E-state index is -1.83. The number of carbonyl (C=O) groups is 2. The minimum Gasteiger partial charge on any atom is -0.466 e. The summed E-state index contributed by atoms with van der Waals surface area (Å²) in [4.78, 5) is 18.6. The fourth-order valence-electron chi connectivity index (χ4n) is 0.475. The monoisotopic (exact) mass is 148 g/mol. The van der Waals surface area contributed by atoms with Crippen LogP contribution in [0.1, 0.15) is 12.8 Å². The number of hydrogen-bond acceptors (Lipinski definition) is 3. The summed E-state index contributed by atoms with van der Waals surface area (Å²) in [5.74, 6) is -0.0463. The van der Waals surface area contributed by atoms with E-state index in [2.05, 4.69) is 4.74 Å². The average Bonchev–Trinajstić information content (AvgIpc) is 2.15. The van der Waals surface area contributed by atoms with Gasteiger partial charge in [0.2, 0.25) is 0 Å². The van der Waals surface area contributed by atoms with Crippen molar-refractivity contribution in [2.45, 2.75) is 12.8 Å². The summed E-state index contributed by atoms with van der Waals surface area (Å²) in [7, 11) is 0. The van der Waals surface area contributed by atoms with Crippen molar-refractivity contribution in [3.8, 4) is 0 Å². The number of carboxylic acid groups (broad SMARTS) is 2. The van der Waals surface area contributed by atoms with E-state index in [-0.39, 0.29) is 5.97 Å². The molecule has 10 heavy (non-hydrogen) atoms. The second-order valence-corrected chi connectivity index (χ2v) is 1.61. The Bertz CT molecular complexity index is 118. The molecule has 0 spiro atoms. The lowest BCUT2D eigenvalue weighted by atomic mass is 10.4. The maximum absolute atomic E-state index is 10.0. The normalized spacial score (nSPS) is 15.0. The fraction of sp³-hybridized carbons (Fsp3) is 0.600. The Morgan fingerprint density at radius 3 is 2.10 bits per heavy atom. The topological polar surface area (TPSA) is 83.8 Å². The van der Waals surface area contributed by atoms with Crippen LogP contribution < -0.4 is 0 Å². The minimum absolute atomic E-state index is 0.0463. The van der Waals surface area contributed by atoms with Crippen molar-refractivity contribution in [2.24, 2.45) is 0 Å². The molecule has 0 aromatic heterocycles. The fourth-order valence-corrected chi connectivity index (χ4v) is 0.475. The molecule has 1 aliphatic rings. The van der Waals surface area contributed by atoms with Gasteiger partial charge in [-0.1, -0.05) is 0 Å². The van der Waals surface area contributed by atoms with Gasteiger partial charge in [-0.05, 0) is 6.42 Å². The molecule has 2 N–H and O–H groups in total. The first kappa shape index (κ1) is 8.74. The highest BCUT2D eigenvalue weighted by atomic mass is 16.6. The zero-order valence-corrected chi connectivity index (χ0v) is 5.24. The Hall–Kier alpha value is -1.26. The highest BCUT2D eigenvalue weighted by Gasteiger charge is 2.08. The van der Waals surface area contributed by atoms with Crippen molar-refractivity contribution < 1.29 is 24.5 Å². The lowest BCUT2D eigenvalue weighted by molar-refractivity contribution is -0.137. The molecule has 0 aliphatic carbocycles. The van der Waals surface area contributed by atoms with Crippen molar-refractivity contribution in [3.05, 3.63) is 0 Å². The second-order valence-electron chi connectivity index (χ2n) is 1.61. The van der Waals surface area contributed by atoms with Crippen molar-refractivity contribution in [3.63, 3.8) is 0 Å². The molecule has 0 amide bonds. The molecule has 0 unspecified atom stereocenters. The summed E-state index contributed by atoms with van der Waals surface area (Å²) in [6.45, 7) is 0.638. The Morgan fingerprint density at radius 2 is 2.00 bits per heavy atom. The molecular weight excluding hydrogens is 140 g/mol. The number of ether oxygens (including phenoxy) is 1. The number of esters is 1. The van der Waals surface area contributed by atoms with Crippen LogP contribution in [0.3, 0.4) is 0 Å². The van der Waals surface area contributed by atoms with Crippen molar-refractivity contribution >= 4 is 12.1 Å². The van der Waals surface area contributed by atoms with E-state index < -0.39 is 6.16 Å². The highest BCUT2D eigenvalue weighted by molar-refractivity contribution is 5.70. The molecule has 1 aliphatic heterocycles. The molecule has 0 atom stereocenters. The van der Waals surface area contributed by atoms with E-state index in [4.69, 9.17) is 15.0 Å². The number of hydrogen-bond donors (Lipinski definition) is 2. The zero-order chi connectivity index (χ0) is 7.98. The third-order valence-corrected chi connectivity index (χ3v) is 0.788. The Kier molecular flexibility index (Phi) is 4.02. The standard InChI is InChI=1S/C4H6O2.CH2O3/c5-4-2-1-3-6-4;2-1(3)4/h1-3H2;(H2,2,3,4). The predicted octanol–water partition coefficient (Wildman–Crippen LogP) is 0.546. The van der Waals surface area contributed by atoms with Gasteiger partial charge in [-0.2, -0.15) is 0 Å². The molecular formula is C5H8O5. The van der Waals surface area contributed by atoms with Crippen molar-refractivity contribution in [2.75, 3.05) is 6.61 Å².